The van der Waals surface area contributed by atoms with E-state index in [-0.39, 0.29) is 0 Å². The summed E-state index contributed by atoms with van der Waals surface area (Å²) in [5.41, 5.74) is 3.70. The molecule has 0 amide bonds. The molecule has 2 aromatic rings. The van der Waals surface area contributed by atoms with Crippen molar-refractivity contribution in [2.45, 2.75) is 13.8 Å². The fourth-order valence-corrected chi connectivity index (χ4v) is 1.95. The van der Waals surface area contributed by atoms with E-state index < -0.39 is 0 Å². The molecule has 0 aliphatic heterocycles. The molecule has 114 valence electrons. The van der Waals surface area contributed by atoms with Gasteiger partial charge in [0.15, 0.2) is 0 Å². The van der Waals surface area contributed by atoms with Gasteiger partial charge in [0.2, 0.25) is 0 Å². The van der Waals surface area contributed by atoms with E-state index in [1.165, 1.54) is 0 Å². The molecular formula is C18H20N2O2. The van der Waals surface area contributed by atoms with Gasteiger partial charge >= 0.3 is 0 Å². The highest BCUT2D eigenvalue weighted by atomic mass is 16.5. The second kappa shape index (κ2) is 7.41. The lowest BCUT2D eigenvalue weighted by Crippen LogP contribution is -1.97. The highest BCUT2D eigenvalue weighted by Crippen LogP contribution is 2.14. The molecular weight excluding hydrogens is 276 g/mol. The number of nitrogens with zero attached hydrogens (tertiary/aromatic N) is 2. The van der Waals surface area contributed by atoms with E-state index in [1.54, 1.807) is 14.2 Å². The summed E-state index contributed by atoms with van der Waals surface area (Å²) < 4.78 is 10.4. The van der Waals surface area contributed by atoms with E-state index >= 15 is 0 Å². The zero-order valence-corrected chi connectivity index (χ0v) is 13.3. The summed E-state index contributed by atoms with van der Waals surface area (Å²) in [6.45, 7) is 3.86. The second-order valence-electron chi connectivity index (χ2n) is 4.83. The number of benzene rings is 2. The Morgan fingerprint density at radius 2 is 1.32 bits per heavy atom. The maximum atomic E-state index is 5.22. The fourth-order valence-electron chi connectivity index (χ4n) is 1.95. The standard InChI is InChI=1S/C18H20N2O2/c1-13(15-8-10-17(21-3)11-9-15)19-20-14(2)16-6-5-7-18(12-16)22-4/h5-12H,1-4H3/b19-13+,20-14+. The molecule has 0 heterocycles. The van der Waals surface area contributed by atoms with Crippen LogP contribution in [0.5, 0.6) is 11.5 Å². The van der Waals surface area contributed by atoms with E-state index in [0.29, 0.717) is 0 Å². The Morgan fingerprint density at radius 3 is 1.91 bits per heavy atom. The normalized spacial score (nSPS) is 12.2. The predicted octanol–water partition coefficient (Wildman–Crippen LogP) is 3.94. The predicted molar refractivity (Wildman–Crippen MR) is 90.4 cm³/mol. The molecule has 0 aliphatic rings. The average Bonchev–Trinajstić information content (AvgIpc) is 2.59. The lowest BCUT2D eigenvalue weighted by atomic mass is 10.1. The van der Waals surface area contributed by atoms with Gasteiger partial charge in [0, 0.05) is 5.56 Å². The van der Waals surface area contributed by atoms with Crippen molar-refractivity contribution < 1.29 is 9.47 Å². The molecule has 0 saturated heterocycles. The third kappa shape index (κ3) is 3.95. The van der Waals surface area contributed by atoms with Crippen LogP contribution in [-0.2, 0) is 0 Å². The number of methoxy groups -OCH3 is 2. The van der Waals surface area contributed by atoms with Gasteiger partial charge in [0.25, 0.3) is 0 Å². The summed E-state index contributed by atoms with van der Waals surface area (Å²) in [5, 5.41) is 8.61. The van der Waals surface area contributed by atoms with Gasteiger partial charge in [-0.25, -0.2) is 0 Å². The molecule has 0 aliphatic carbocycles. The summed E-state index contributed by atoms with van der Waals surface area (Å²) in [7, 11) is 3.30. The molecule has 2 rings (SSSR count). The van der Waals surface area contributed by atoms with Crippen molar-refractivity contribution in [1.29, 1.82) is 0 Å². The van der Waals surface area contributed by atoms with Gasteiger partial charge in [-0.2, -0.15) is 10.2 Å². The lowest BCUT2D eigenvalue weighted by Gasteiger charge is -2.04. The first-order valence-electron chi connectivity index (χ1n) is 7.01. The molecule has 4 nitrogen and oxygen atoms in total. The average molecular weight is 296 g/mol. The topological polar surface area (TPSA) is 43.2 Å². The van der Waals surface area contributed by atoms with Crippen LogP contribution in [-0.4, -0.2) is 25.6 Å². The molecule has 2 aromatic carbocycles. The van der Waals surface area contributed by atoms with Crippen molar-refractivity contribution in [3.63, 3.8) is 0 Å². The van der Waals surface area contributed by atoms with Gasteiger partial charge in [-0.05, 0) is 55.8 Å². The van der Waals surface area contributed by atoms with Crippen LogP contribution in [0, 0.1) is 0 Å². The highest BCUT2D eigenvalue weighted by molar-refractivity contribution is 6.01. The van der Waals surface area contributed by atoms with Crippen molar-refractivity contribution in [2.75, 3.05) is 14.2 Å². The maximum Gasteiger partial charge on any atom is 0.119 e. The summed E-state index contributed by atoms with van der Waals surface area (Å²) >= 11 is 0. The molecule has 0 bridgehead atoms. The summed E-state index contributed by atoms with van der Waals surface area (Å²) in [6, 6.07) is 15.5. The largest absolute Gasteiger partial charge is 0.497 e. The zero-order chi connectivity index (χ0) is 15.9. The Balaban J connectivity index is 2.19. The Kier molecular flexibility index (Phi) is 5.31. The van der Waals surface area contributed by atoms with Gasteiger partial charge in [-0.15, -0.1) is 0 Å². The third-order valence-electron chi connectivity index (χ3n) is 3.35. The minimum absolute atomic E-state index is 0.808. The SMILES string of the molecule is COc1ccc(/C(C)=N/N=C(\C)c2cccc(OC)c2)cc1. The van der Waals surface area contributed by atoms with E-state index in [0.717, 1.165) is 34.0 Å². The van der Waals surface area contributed by atoms with Crippen LogP contribution >= 0.6 is 0 Å². The Hall–Kier alpha value is -2.62. The van der Waals surface area contributed by atoms with Gasteiger partial charge in [-0.1, -0.05) is 12.1 Å². The molecule has 0 radical (unpaired) electrons. The van der Waals surface area contributed by atoms with E-state index in [4.69, 9.17) is 9.47 Å². The van der Waals surface area contributed by atoms with Gasteiger partial charge in [0.1, 0.15) is 11.5 Å². The van der Waals surface area contributed by atoms with E-state index in [1.807, 2.05) is 62.4 Å². The molecule has 0 spiro atoms. The summed E-state index contributed by atoms with van der Waals surface area (Å²) in [4.78, 5) is 0. The molecule has 0 unspecified atom stereocenters. The quantitative estimate of drug-likeness (QED) is 0.619. The molecule has 0 aromatic heterocycles. The fraction of sp³-hybridized carbons (Fsp3) is 0.222. The van der Waals surface area contributed by atoms with Crippen LogP contribution < -0.4 is 9.47 Å². The molecule has 0 fully saturated rings. The minimum atomic E-state index is 0.808. The van der Waals surface area contributed by atoms with Crippen molar-refractivity contribution >= 4 is 11.4 Å². The monoisotopic (exact) mass is 296 g/mol. The number of ether oxygens (including phenoxy) is 2. The molecule has 0 saturated carbocycles. The van der Waals surface area contributed by atoms with Gasteiger partial charge < -0.3 is 9.47 Å². The molecule has 0 N–H and O–H groups in total. The van der Waals surface area contributed by atoms with Crippen LogP contribution in [0.1, 0.15) is 25.0 Å². The van der Waals surface area contributed by atoms with Crippen molar-refractivity contribution in [1.82, 2.24) is 0 Å². The van der Waals surface area contributed by atoms with Crippen LogP contribution in [0.2, 0.25) is 0 Å². The van der Waals surface area contributed by atoms with E-state index in [9.17, 15) is 0 Å². The summed E-state index contributed by atoms with van der Waals surface area (Å²) in [5.74, 6) is 1.63. The van der Waals surface area contributed by atoms with Crippen LogP contribution in [0.3, 0.4) is 0 Å². The Labute approximate surface area is 131 Å². The van der Waals surface area contributed by atoms with Crippen molar-refractivity contribution in [3.8, 4) is 11.5 Å². The lowest BCUT2D eigenvalue weighted by molar-refractivity contribution is 0.414. The molecule has 22 heavy (non-hydrogen) atoms. The number of rotatable bonds is 5. The smallest absolute Gasteiger partial charge is 0.119 e. The zero-order valence-electron chi connectivity index (χ0n) is 13.3. The minimum Gasteiger partial charge on any atom is -0.497 e. The Bertz CT molecular complexity index is 688. The van der Waals surface area contributed by atoms with Crippen LogP contribution in [0.15, 0.2) is 58.7 Å². The molecule has 0 atom stereocenters. The first-order chi connectivity index (χ1) is 10.6. The summed E-state index contributed by atoms with van der Waals surface area (Å²) in [6.07, 6.45) is 0. The second-order valence-corrected chi connectivity index (χ2v) is 4.83. The maximum absolute atomic E-state index is 5.22. The van der Waals surface area contributed by atoms with Gasteiger partial charge in [0.05, 0.1) is 25.6 Å². The number of hydrogen-bond acceptors (Lipinski definition) is 4. The van der Waals surface area contributed by atoms with Crippen molar-refractivity contribution in [2.24, 2.45) is 10.2 Å². The highest BCUT2D eigenvalue weighted by Gasteiger charge is 2.01. The number of hydrogen-bond donors (Lipinski definition) is 0. The third-order valence-corrected chi connectivity index (χ3v) is 3.35. The molecule has 4 heteroatoms. The first kappa shape index (κ1) is 15.8. The van der Waals surface area contributed by atoms with Crippen molar-refractivity contribution in [3.05, 3.63) is 59.7 Å². The van der Waals surface area contributed by atoms with Gasteiger partial charge in [-0.3, -0.25) is 0 Å². The van der Waals surface area contributed by atoms with Crippen LogP contribution in [0.4, 0.5) is 0 Å². The van der Waals surface area contributed by atoms with Crippen LogP contribution in [0.25, 0.3) is 0 Å². The Morgan fingerprint density at radius 1 is 0.727 bits per heavy atom. The first-order valence-corrected chi connectivity index (χ1v) is 7.01. The van der Waals surface area contributed by atoms with E-state index in [2.05, 4.69) is 10.2 Å².